The Morgan fingerprint density at radius 3 is 2.13 bits per heavy atom. The van der Waals surface area contributed by atoms with Gasteiger partial charge in [0.15, 0.2) is 0 Å². The van der Waals surface area contributed by atoms with Gasteiger partial charge in [-0.25, -0.2) is 0 Å². The second-order valence-electron chi connectivity index (χ2n) is 13.2. The molecule has 4 aliphatic carbocycles. The van der Waals surface area contributed by atoms with Crippen LogP contribution in [0.1, 0.15) is 112 Å². The maximum Gasteiger partial charge on any atom is 0.0462 e. The molecule has 0 aromatic rings. The summed E-state index contributed by atoms with van der Waals surface area (Å²) in [6, 6.07) is 0. The van der Waals surface area contributed by atoms with E-state index >= 15 is 0 Å². The van der Waals surface area contributed by atoms with Crippen molar-refractivity contribution < 1.29 is 5.11 Å². The fourth-order valence-corrected chi connectivity index (χ4v) is 10.2. The van der Waals surface area contributed by atoms with Gasteiger partial charge in [0.2, 0.25) is 0 Å². The Hall–Kier alpha value is -0.0400. The highest BCUT2D eigenvalue weighted by Crippen LogP contribution is 2.69. The van der Waals surface area contributed by atoms with Crippen LogP contribution in [-0.2, 0) is 0 Å². The zero-order valence-corrected chi connectivity index (χ0v) is 21.1. The molecule has 0 radical (unpaired) electrons. The molecule has 0 aromatic heterocycles. The molecule has 1 nitrogen and oxygen atoms in total. The van der Waals surface area contributed by atoms with Gasteiger partial charge in [0.1, 0.15) is 0 Å². The molecule has 1 heteroatoms. The zero-order chi connectivity index (χ0) is 21.7. The van der Waals surface area contributed by atoms with E-state index in [0.717, 1.165) is 47.3 Å². The number of hydrogen-bond donors (Lipinski definition) is 1. The Labute approximate surface area is 188 Å². The zero-order valence-electron chi connectivity index (χ0n) is 21.1. The largest absolute Gasteiger partial charge is 0.396 e. The van der Waals surface area contributed by atoms with E-state index in [1.807, 2.05) is 0 Å². The van der Waals surface area contributed by atoms with Gasteiger partial charge in [0, 0.05) is 6.61 Å². The van der Waals surface area contributed by atoms with Crippen molar-refractivity contribution in [2.45, 2.75) is 112 Å². The van der Waals surface area contributed by atoms with Gasteiger partial charge in [-0.05, 0) is 122 Å². The number of aliphatic hydroxyl groups is 1. The predicted molar refractivity (Wildman–Crippen MR) is 128 cm³/mol. The van der Waals surface area contributed by atoms with Gasteiger partial charge in [0.25, 0.3) is 0 Å². The summed E-state index contributed by atoms with van der Waals surface area (Å²) in [5.74, 6) is 7.97. The van der Waals surface area contributed by atoms with E-state index in [1.165, 1.54) is 70.6 Å². The Morgan fingerprint density at radius 1 is 0.800 bits per heavy atom. The number of fused-ring (bicyclic) bond motifs is 5. The molecule has 0 bridgehead atoms. The van der Waals surface area contributed by atoms with E-state index in [9.17, 15) is 5.11 Å². The summed E-state index contributed by atoms with van der Waals surface area (Å²) in [7, 11) is 0. The van der Waals surface area contributed by atoms with Gasteiger partial charge in [0.05, 0.1) is 0 Å². The van der Waals surface area contributed by atoms with Gasteiger partial charge in [-0.2, -0.15) is 0 Å². The summed E-state index contributed by atoms with van der Waals surface area (Å²) < 4.78 is 0. The second-order valence-corrected chi connectivity index (χ2v) is 13.2. The molecule has 30 heavy (non-hydrogen) atoms. The molecule has 10 atom stereocenters. The fourth-order valence-electron chi connectivity index (χ4n) is 10.2. The molecule has 4 rings (SSSR count). The van der Waals surface area contributed by atoms with Crippen molar-refractivity contribution in [2.75, 3.05) is 6.61 Å². The molecule has 4 aliphatic rings. The van der Waals surface area contributed by atoms with E-state index in [1.54, 1.807) is 0 Å². The average Bonchev–Trinajstić information content (AvgIpc) is 3.24. The molecular formula is C29H52O. The minimum Gasteiger partial charge on any atom is -0.396 e. The quantitative estimate of drug-likeness (QED) is 0.446. The standard InChI is InChI=1S/C29H52O/c1-7-21(19(2)3)9-8-20(4)24-12-13-26-23-10-11-25-22(18-30)14-16-29(25,6)27(23)15-17-28(24,26)5/h19-27,30H,7-18H2,1-6H3. The Balaban J connectivity index is 1.45. The van der Waals surface area contributed by atoms with Crippen molar-refractivity contribution in [2.24, 2.45) is 64.1 Å². The van der Waals surface area contributed by atoms with Crippen molar-refractivity contribution >= 4 is 0 Å². The van der Waals surface area contributed by atoms with Crippen LogP contribution in [-0.4, -0.2) is 11.7 Å². The van der Waals surface area contributed by atoms with Crippen LogP contribution in [0.2, 0.25) is 0 Å². The summed E-state index contributed by atoms with van der Waals surface area (Å²) in [6.45, 7) is 15.7. The lowest BCUT2D eigenvalue weighted by Gasteiger charge is -2.58. The summed E-state index contributed by atoms with van der Waals surface area (Å²) >= 11 is 0. The smallest absolute Gasteiger partial charge is 0.0462 e. The summed E-state index contributed by atoms with van der Waals surface area (Å²) in [4.78, 5) is 0. The first kappa shape index (κ1) is 23.1. The van der Waals surface area contributed by atoms with Crippen molar-refractivity contribution in [3.8, 4) is 0 Å². The molecule has 0 saturated heterocycles. The summed E-state index contributed by atoms with van der Waals surface area (Å²) in [5, 5.41) is 9.94. The molecule has 0 aliphatic heterocycles. The Morgan fingerprint density at radius 2 is 1.47 bits per heavy atom. The van der Waals surface area contributed by atoms with Gasteiger partial charge in [-0.3, -0.25) is 0 Å². The maximum absolute atomic E-state index is 9.94. The van der Waals surface area contributed by atoms with Crippen LogP contribution in [0.5, 0.6) is 0 Å². The average molecular weight is 417 g/mol. The molecule has 0 heterocycles. The molecule has 0 spiro atoms. The van der Waals surface area contributed by atoms with Crippen LogP contribution < -0.4 is 0 Å². The van der Waals surface area contributed by atoms with Gasteiger partial charge in [-0.1, -0.05) is 54.4 Å². The van der Waals surface area contributed by atoms with E-state index in [0.29, 0.717) is 23.4 Å². The monoisotopic (exact) mass is 416 g/mol. The molecule has 4 saturated carbocycles. The van der Waals surface area contributed by atoms with Crippen molar-refractivity contribution in [3.05, 3.63) is 0 Å². The highest BCUT2D eigenvalue weighted by molar-refractivity contribution is 5.10. The predicted octanol–water partition coefficient (Wildman–Crippen LogP) is 7.96. The number of hydrogen-bond acceptors (Lipinski definition) is 1. The van der Waals surface area contributed by atoms with E-state index in [2.05, 4.69) is 41.5 Å². The van der Waals surface area contributed by atoms with E-state index in [4.69, 9.17) is 0 Å². The lowest BCUT2D eigenvalue weighted by atomic mass is 9.46. The summed E-state index contributed by atoms with van der Waals surface area (Å²) in [6.07, 6.45) is 15.8. The Kier molecular flexibility index (Phi) is 6.72. The SMILES string of the molecule is CCC(CCC(C)C1CCC2C3CCC4C(CO)CCC4(C)C3CCC12C)C(C)C. The third-order valence-corrected chi connectivity index (χ3v) is 12.0. The summed E-state index contributed by atoms with van der Waals surface area (Å²) in [5.41, 5.74) is 1.14. The minimum absolute atomic E-state index is 0.438. The van der Waals surface area contributed by atoms with E-state index < -0.39 is 0 Å². The van der Waals surface area contributed by atoms with Crippen LogP contribution in [0, 0.1) is 64.1 Å². The van der Waals surface area contributed by atoms with Gasteiger partial charge >= 0.3 is 0 Å². The minimum atomic E-state index is 0.438. The topological polar surface area (TPSA) is 20.2 Å². The molecule has 174 valence electrons. The van der Waals surface area contributed by atoms with Crippen LogP contribution >= 0.6 is 0 Å². The molecule has 0 amide bonds. The van der Waals surface area contributed by atoms with E-state index in [-0.39, 0.29) is 0 Å². The van der Waals surface area contributed by atoms with Gasteiger partial charge < -0.3 is 5.11 Å². The van der Waals surface area contributed by atoms with Crippen molar-refractivity contribution in [1.29, 1.82) is 0 Å². The third kappa shape index (κ3) is 3.62. The lowest BCUT2D eigenvalue weighted by molar-refractivity contribution is -0.0977. The number of rotatable bonds is 7. The molecule has 0 aromatic carbocycles. The van der Waals surface area contributed by atoms with Crippen molar-refractivity contribution in [1.82, 2.24) is 0 Å². The van der Waals surface area contributed by atoms with Crippen LogP contribution in [0.15, 0.2) is 0 Å². The van der Waals surface area contributed by atoms with Crippen molar-refractivity contribution in [3.63, 3.8) is 0 Å². The highest BCUT2D eigenvalue weighted by atomic mass is 16.3. The Bertz CT molecular complexity index is 583. The second kappa shape index (κ2) is 8.72. The third-order valence-electron chi connectivity index (χ3n) is 12.0. The van der Waals surface area contributed by atoms with Gasteiger partial charge in [-0.15, -0.1) is 0 Å². The van der Waals surface area contributed by atoms with Crippen LogP contribution in [0.3, 0.4) is 0 Å². The first-order chi connectivity index (χ1) is 14.3. The molecule has 10 unspecified atom stereocenters. The number of aliphatic hydroxyl groups excluding tert-OH is 1. The highest BCUT2D eigenvalue weighted by Gasteiger charge is 2.61. The van der Waals surface area contributed by atoms with Crippen LogP contribution in [0.4, 0.5) is 0 Å². The normalized spacial score (nSPS) is 47.6. The fraction of sp³-hybridized carbons (Fsp3) is 1.00. The first-order valence-corrected chi connectivity index (χ1v) is 13.9. The molecule has 1 N–H and O–H groups in total. The van der Waals surface area contributed by atoms with Crippen LogP contribution in [0.25, 0.3) is 0 Å². The first-order valence-electron chi connectivity index (χ1n) is 13.9. The lowest BCUT2D eigenvalue weighted by Crippen LogP contribution is -2.51. The molecule has 4 fully saturated rings. The maximum atomic E-state index is 9.94. The molecular weight excluding hydrogens is 364 g/mol.